The summed E-state index contributed by atoms with van der Waals surface area (Å²) in [5.41, 5.74) is 10.2. The molecule has 0 bridgehead atoms. The molecule has 4 aromatic carbocycles. The van der Waals surface area contributed by atoms with Crippen molar-refractivity contribution in [2.75, 3.05) is 0 Å². The first-order valence-electron chi connectivity index (χ1n) is 11.2. The van der Waals surface area contributed by atoms with Crippen LogP contribution in [0.25, 0.3) is 0 Å². The molecule has 7 heteroatoms. The van der Waals surface area contributed by atoms with Crippen LogP contribution < -0.4 is 20.4 Å². The summed E-state index contributed by atoms with van der Waals surface area (Å²) in [6.45, 7) is 8.43. The van der Waals surface area contributed by atoms with Gasteiger partial charge in [-0.25, -0.2) is 0 Å². The molecular formula is C28H33N2O4P. The molecule has 0 saturated heterocycles. The van der Waals surface area contributed by atoms with Crippen LogP contribution in [-0.2, 0) is 4.57 Å². The van der Waals surface area contributed by atoms with Gasteiger partial charge in [0.15, 0.2) is 0 Å². The molecule has 0 atom stereocenters. The van der Waals surface area contributed by atoms with Gasteiger partial charge >= 0.3 is 0 Å². The van der Waals surface area contributed by atoms with E-state index in [1.165, 1.54) is 45.0 Å². The fourth-order valence-corrected chi connectivity index (χ4v) is 3.04. The summed E-state index contributed by atoms with van der Waals surface area (Å²) in [4.78, 5) is 24.3. The van der Waals surface area contributed by atoms with Crippen LogP contribution in [0.3, 0.4) is 0 Å². The fourth-order valence-electron chi connectivity index (χ4n) is 3.04. The minimum atomic E-state index is -5.14. The van der Waals surface area contributed by atoms with Gasteiger partial charge in [-0.3, -0.25) is 10.6 Å². The third-order valence-electron chi connectivity index (χ3n) is 4.98. The van der Waals surface area contributed by atoms with E-state index in [4.69, 9.17) is 19.2 Å². The lowest BCUT2D eigenvalue weighted by atomic mass is 10.2. The molecule has 0 aliphatic heterocycles. The molecule has 4 rings (SSSR count). The van der Waals surface area contributed by atoms with Crippen LogP contribution in [0.1, 0.15) is 22.3 Å². The molecule has 4 aromatic rings. The summed E-state index contributed by atoms with van der Waals surface area (Å²) in [7, 11) is -5.14. The minimum absolute atomic E-state index is 1.25. The van der Waals surface area contributed by atoms with Gasteiger partial charge in [0, 0.05) is 0 Å². The maximum absolute atomic E-state index is 8.66. The van der Waals surface area contributed by atoms with Crippen molar-refractivity contribution >= 4 is 30.6 Å². The molecule has 5 N–H and O–H groups in total. The monoisotopic (exact) mass is 492 g/mol. The van der Waals surface area contributed by atoms with Crippen LogP contribution in [0.4, 0.5) is 22.7 Å². The number of quaternary nitrogens is 2. The Morgan fingerprint density at radius 1 is 0.486 bits per heavy atom. The van der Waals surface area contributed by atoms with E-state index in [1.54, 1.807) is 0 Å². The quantitative estimate of drug-likeness (QED) is 0.299. The van der Waals surface area contributed by atoms with Gasteiger partial charge in [0.05, 0.1) is 7.82 Å². The predicted molar refractivity (Wildman–Crippen MR) is 137 cm³/mol. The number of phosphoric acid groups is 1. The van der Waals surface area contributed by atoms with Crippen molar-refractivity contribution in [3.05, 3.63) is 119 Å². The first-order chi connectivity index (χ1) is 16.5. The SMILES string of the molecule is Cc1ccc([NH2+]c2ccc(C)cc2)cc1.Cc1ccc([NH2+]c2ccc(C)cc2)cc1.O=P([O-])([O-])O. The van der Waals surface area contributed by atoms with Crippen molar-refractivity contribution in [3.63, 3.8) is 0 Å². The van der Waals surface area contributed by atoms with E-state index in [2.05, 4.69) is 135 Å². The highest BCUT2D eigenvalue weighted by atomic mass is 31.2. The van der Waals surface area contributed by atoms with Gasteiger partial charge in [-0.05, 0) is 76.2 Å². The Bertz CT molecular complexity index is 1020. The lowest BCUT2D eigenvalue weighted by Gasteiger charge is -2.19. The molecule has 184 valence electrons. The normalized spacial score (nSPS) is 10.5. The van der Waals surface area contributed by atoms with E-state index in [9.17, 15) is 0 Å². The Morgan fingerprint density at radius 3 is 0.771 bits per heavy atom. The highest BCUT2D eigenvalue weighted by Crippen LogP contribution is 2.11. The van der Waals surface area contributed by atoms with Crippen molar-refractivity contribution in [2.24, 2.45) is 0 Å². The predicted octanol–water partition coefficient (Wildman–Crippen LogP) is 3.47. The Hall–Kier alpha value is -3.09. The average Bonchev–Trinajstić information content (AvgIpc) is 2.79. The summed E-state index contributed by atoms with van der Waals surface area (Å²) in [6.07, 6.45) is 0. The van der Waals surface area contributed by atoms with Gasteiger partial charge in [-0.15, -0.1) is 0 Å². The number of hydrogen-bond acceptors (Lipinski definition) is 3. The van der Waals surface area contributed by atoms with Crippen LogP contribution in [0, 0.1) is 27.7 Å². The molecule has 0 aromatic heterocycles. The topological polar surface area (TPSA) is 117 Å². The van der Waals surface area contributed by atoms with Crippen molar-refractivity contribution in [1.82, 2.24) is 0 Å². The highest BCUT2D eigenvalue weighted by Gasteiger charge is 2.00. The third kappa shape index (κ3) is 12.8. The van der Waals surface area contributed by atoms with Gasteiger partial charge in [-0.1, -0.05) is 70.8 Å². The first kappa shape index (κ1) is 28.1. The van der Waals surface area contributed by atoms with Crippen LogP contribution in [0.5, 0.6) is 0 Å². The second kappa shape index (κ2) is 13.7. The van der Waals surface area contributed by atoms with Crippen molar-refractivity contribution < 1.29 is 29.9 Å². The Morgan fingerprint density at radius 2 is 0.629 bits per heavy atom. The van der Waals surface area contributed by atoms with Crippen molar-refractivity contribution in [1.29, 1.82) is 0 Å². The number of aryl methyl sites for hydroxylation is 4. The van der Waals surface area contributed by atoms with Gasteiger partial charge in [0.2, 0.25) is 0 Å². The summed E-state index contributed by atoms with van der Waals surface area (Å²) in [5.74, 6) is 0. The summed E-state index contributed by atoms with van der Waals surface area (Å²) >= 11 is 0. The molecule has 0 saturated carbocycles. The van der Waals surface area contributed by atoms with Gasteiger partial charge in [0.25, 0.3) is 0 Å². The van der Waals surface area contributed by atoms with Gasteiger partial charge in [0.1, 0.15) is 22.7 Å². The molecule has 35 heavy (non-hydrogen) atoms. The largest absolute Gasteiger partial charge is 0.790 e. The lowest BCUT2D eigenvalue weighted by Crippen LogP contribution is -2.70. The first-order valence-corrected chi connectivity index (χ1v) is 12.7. The zero-order valence-corrected chi connectivity index (χ0v) is 21.4. The maximum atomic E-state index is 8.66. The molecule has 0 amide bonds. The third-order valence-corrected chi connectivity index (χ3v) is 4.98. The van der Waals surface area contributed by atoms with Gasteiger partial charge in [-0.2, -0.15) is 0 Å². The average molecular weight is 493 g/mol. The zero-order chi connectivity index (χ0) is 25.8. The van der Waals surface area contributed by atoms with Crippen LogP contribution in [-0.4, -0.2) is 4.89 Å². The van der Waals surface area contributed by atoms with E-state index in [-0.39, 0.29) is 0 Å². The molecule has 0 radical (unpaired) electrons. The van der Waals surface area contributed by atoms with Crippen molar-refractivity contribution in [3.8, 4) is 0 Å². The highest BCUT2D eigenvalue weighted by molar-refractivity contribution is 7.42. The van der Waals surface area contributed by atoms with Gasteiger partial charge < -0.3 is 19.2 Å². The molecule has 0 unspecified atom stereocenters. The van der Waals surface area contributed by atoms with E-state index in [0.717, 1.165) is 0 Å². The molecule has 0 aliphatic rings. The number of nitrogens with two attached hydrogens (primary N) is 2. The number of benzene rings is 4. The molecule has 0 fully saturated rings. The summed E-state index contributed by atoms with van der Waals surface area (Å²) in [6, 6.07) is 34.3. The zero-order valence-electron chi connectivity index (χ0n) is 20.5. The van der Waals surface area contributed by atoms with E-state index < -0.39 is 7.82 Å². The standard InChI is InChI=1S/2C14H15N.H3O4P/c2*1-11-3-7-13(8-4-11)15-14-9-5-12(2)6-10-14;1-5(2,3)4/h2*3-10,15H,1-2H3;(H3,1,2,3,4). The lowest BCUT2D eigenvalue weighted by molar-refractivity contribution is -0.479. The minimum Gasteiger partial charge on any atom is -0.790 e. The summed E-state index contributed by atoms with van der Waals surface area (Å²) < 4.78 is 8.66. The van der Waals surface area contributed by atoms with Crippen LogP contribution >= 0.6 is 7.82 Å². The second-order valence-electron chi connectivity index (χ2n) is 8.40. The summed E-state index contributed by atoms with van der Waals surface area (Å²) in [5, 5.41) is 4.39. The Kier molecular flexibility index (Phi) is 11.0. The second-order valence-corrected chi connectivity index (χ2v) is 9.34. The van der Waals surface area contributed by atoms with Crippen molar-refractivity contribution in [2.45, 2.75) is 27.7 Å². The van der Waals surface area contributed by atoms with E-state index in [1.807, 2.05) is 0 Å². The molecule has 0 aliphatic carbocycles. The van der Waals surface area contributed by atoms with Crippen LogP contribution in [0.15, 0.2) is 97.1 Å². The fraction of sp³-hybridized carbons (Fsp3) is 0.143. The van der Waals surface area contributed by atoms with E-state index in [0.29, 0.717) is 0 Å². The molecule has 0 spiro atoms. The molecular weight excluding hydrogens is 459 g/mol. The maximum Gasteiger partial charge on any atom is 0.134 e. The number of hydrogen-bond donors (Lipinski definition) is 3. The van der Waals surface area contributed by atoms with Crippen LogP contribution in [0.2, 0.25) is 0 Å². The van der Waals surface area contributed by atoms with E-state index >= 15 is 0 Å². The number of rotatable bonds is 4. The smallest absolute Gasteiger partial charge is 0.134 e. The Labute approximate surface area is 207 Å². The molecule has 6 nitrogen and oxygen atoms in total. The molecule has 0 heterocycles. The Balaban J connectivity index is 0.000000208.